The van der Waals surface area contributed by atoms with Gasteiger partial charge in [0.2, 0.25) is 0 Å². The number of benzene rings is 2. The predicted molar refractivity (Wildman–Crippen MR) is 134 cm³/mol. The van der Waals surface area contributed by atoms with Crippen molar-refractivity contribution >= 4 is 24.0 Å². The van der Waals surface area contributed by atoms with Crippen LogP contribution in [0.2, 0.25) is 0 Å². The summed E-state index contributed by atoms with van der Waals surface area (Å²) in [6, 6.07) is 16.7. The second-order valence-corrected chi connectivity index (χ2v) is 7.99. The highest BCUT2D eigenvalue weighted by molar-refractivity contribution is 5.95. The standard InChI is InChI=1S/C26H22FN5O2.ClH/c1-16-21(12-29-31-16)19-8-10-25-28-13-24(32(25)14-19)18-7-9-20(22(27)11-18)26(34)30-23(15-33)17-5-3-2-4-6-17;/h2-14,23,33H,15H2,1H3,(H,29,31)(H,30,34);1H/t23-;/m0./s1. The fraction of sp³-hybridized carbons (Fsp3) is 0.115. The van der Waals surface area contributed by atoms with Crippen LogP contribution in [0.1, 0.15) is 27.7 Å². The lowest BCUT2D eigenvalue weighted by molar-refractivity contribution is 0.0912. The summed E-state index contributed by atoms with van der Waals surface area (Å²) in [5, 5.41) is 19.4. The van der Waals surface area contributed by atoms with Crippen molar-refractivity contribution in [1.82, 2.24) is 24.9 Å². The molecule has 1 atom stereocenters. The first kappa shape index (κ1) is 24.1. The molecule has 0 saturated carbocycles. The van der Waals surface area contributed by atoms with Crippen molar-refractivity contribution in [2.24, 2.45) is 0 Å². The summed E-state index contributed by atoms with van der Waals surface area (Å²) in [5.74, 6) is -1.25. The van der Waals surface area contributed by atoms with E-state index < -0.39 is 17.8 Å². The molecule has 35 heavy (non-hydrogen) atoms. The molecule has 0 saturated heterocycles. The fourth-order valence-corrected chi connectivity index (χ4v) is 4.02. The van der Waals surface area contributed by atoms with Gasteiger partial charge < -0.3 is 10.4 Å². The Hall–Kier alpha value is -4.01. The van der Waals surface area contributed by atoms with Gasteiger partial charge in [-0.3, -0.25) is 14.3 Å². The molecule has 3 aromatic heterocycles. The molecule has 0 unspecified atom stereocenters. The van der Waals surface area contributed by atoms with E-state index >= 15 is 4.39 Å². The average Bonchev–Trinajstić information content (AvgIpc) is 3.48. The normalized spacial score (nSPS) is 11.7. The lowest BCUT2D eigenvalue weighted by Crippen LogP contribution is -2.31. The largest absolute Gasteiger partial charge is 0.394 e. The SMILES string of the molecule is Cc1n[nH]cc1-c1ccc2ncc(-c3ccc(C(=O)N[C@@H](CO)c4ccccc4)c(F)c3)n2c1.Cl. The van der Waals surface area contributed by atoms with Gasteiger partial charge in [0, 0.05) is 29.1 Å². The number of aliphatic hydroxyl groups excluding tert-OH is 1. The Bertz CT molecular complexity index is 1480. The highest BCUT2D eigenvalue weighted by Gasteiger charge is 2.19. The predicted octanol–water partition coefficient (Wildman–Crippen LogP) is 4.72. The number of nitrogens with one attached hydrogen (secondary N) is 2. The molecule has 2 aromatic carbocycles. The molecule has 9 heteroatoms. The molecule has 0 aliphatic rings. The van der Waals surface area contributed by atoms with Gasteiger partial charge >= 0.3 is 0 Å². The monoisotopic (exact) mass is 491 g/mol. The van der Waals surface area contributed by atoms with Crippen LogP contribution in [0.15, 0.2) is 79.3 Å². The lowest BCUT2D eigenvalue weighted by atomic mass is 10.1. The van der Waals surface area contributed by atoms with Crippen molar-refractivity contribution < 1.29 is 14.3 Å². The molecule has 0 radical (unpaired) electrons. The molecule has 0 fully saturated rings. The maximum Gasteiger partial charge on any atom is 0.254 e. The third kappa shape index (κ3) is 4.66. The van der Waals surface area contributed by atoms with Crippen molar-refractivity contribution in [3.05, 3.63) is 102 Å². The van der Waals surface area contributed by atoms with Crippen LogP contribution in [0.25, 0.3) is 28.0 Å². The van der Waals surface area contributed by atoms with E-state index in [2.05, 4.69) is 20.5 Å². The average molecular weight is 492 g/mol. The second kappa shape index (κ2) is 10.1. The number of nitrogens with zero attached hydrogens (tertiary/aromatic N) is 3. The summed E-state index contributed by atoms with van der Waals surface area (Å²) in [7, 11) is 0. The van der Waals surface area contributed by atoms with E-state index in [0.29, 0.717) is 11.3 Å². The number of aromatic nitrogens is 4. The van der Waals surface area contributed by atoms with Gasteiger partial charge in [-0.05, 0) is 36.8 Å². The van der Waals surface area contributed by atoms with Crippen LogP contribution in [-0.2, 0) is 0 Å². The molecule has 3 N–H and O–H groups in total. The molecule has 5 rings (SSSR count). The number of hydrogen-bond acceptors (Lipinski definition) is 4. The van der Waals surface area contributed by atoms with Crippen LogP contribution in [0.5, 0.6) is 0 Å². The van der Waals surface area contributed by atoms with E-state index in [1.807, 2.05) is 54.0 Å². The number of imidazole rings is 1. The summed E-state index contributed by atoms with van der Waals surface area (Å²) in [5.41, 5.74) is 5.44. The summed E-state index contributed by atoms with van der Waals surface area (Å²) < 4.78 is 16.9. The third-order valence-electron chi connectivity index (χ3n) is 5.85. The minimum atomic E-state index is -0.656. The van der Waals surface area contributed by atoms with Crippen LogP contribution in [-0.4, -0.2) is 37.2 Å². The number of aromatic amines is 1. The Kier molecular flexibility index (Phi) is 6.95. The zero-order chi connectivity index (χ0) is 23.7. The van der Waals surface area contributed by atoms with Gasteiger partial charge in [-0.1, -0.05) is 36.4 Å². The van der Waals surface area contributed by atoms with Gasteiger partial charge in [0.25, 0.3) is 5.91 Å². The van der Waals surface area contributed by atoms with Crippen molar-refractivity contribution in [3.8, 4) is 22.4 Å². The highest BCUT2D eigenvalue weighted by Crippen LogP contribution is 2.27. The molecule has 0 aliphatic carbocycles. The first-order chi connectivity index (χ1) is 16.5. The number of halogens is 2. The third-order valence-corrected chi connectivity index (χ3v) is 5.85. The lowest BCUT2D eigenvalue weighted by Gasteiger charge is -2.17. The number of aryl methyl sites for hydroxylation is 1. The molecule has 178 valence electrons. The van der Waals surface area contributed by atoms with Crippen molar-refractivity contribution in [3.63, 3.8) is 0 Å². The Morgan fingerprint density at radius 1 is 1.14 bits per heavy atom. The molecule has 3 heterocycles. The summed E-state index contributed by atoms with van der Waals surface area (Å²) >= 11 is 0. The zero-order valence-electron chi connectivity index (χ0n) is 18.8. The number of carbonyl (C=O) groups excluding carboxylic acids is 1. The summed E-state index contributed by atoms with van der Waals surface area (Å²) in [6.07, 6.45) is 5.43. The maximum atomic E-state index is 15.0. The number of hydrogen-bond donors (Lipinski definition) is 3. The van der Waals surface area contributed by atoms with E-state index in [0.717, 1.165) is 28.0 Å². The molecular formula is C26H23ClFN5O2. The van der Waals surface area contributed by atoms with Crippen LogP contribution in [0.4, 0.5) is 4.39 Å². The van der Waals surface area contributed by atoms with E-state index in [1.54, 1.807) is 24.4 Å². The minimum absolute atomic E-state index is 0. The molecule has 7 nitrogen and oxygen atoms in total. The number of amides is 1. The van der Waals surface area contributed by atoms with E-state index in [-0.39, 0.29) is 24.6 Å². The van der Waals surface area contributed by atoms with Crippen LogP contribution in [0.3, 0.4) is 0 Å². The van der Waals surface area contributed by atoms with Gasteiger partial charge in [0.1, 0.15) is 11.5 Å². The number of fused-ring (bicyclic) bond motifs is 1. The van der Waals surface area contributed by atoms with Gasteiger partial charge in [0.05, 0.1) is 35.8 Å². The van der Waals surface area contributed by atoms with Crippen molar-refractivity contribution in [2.45, 2.75) is 13.0 Å². The first-order valence-corrected chi connectivity index (χ1v) is 10.8. The molecular weight excluding hydrogens is 469 g/mol. The van der Waals surface area contributed by atoms with Crippen LogP contribution in [0, 0.1) is 12.7 Å². The summed E-state index contributed by atoms with van der Waals surface area (Å²) in [4.78, 5) is 17.2. The Labute approximate surface area is 207 Å². The Balaban J connectivity index is 0.00000289. The van der Waals surface area contributed by atoms with Crippen molar-refractivity contribution in [2.75, 3.05) is 6.61 Å². The number of carbonyl (C=O) groups is 1. The number of H-pyrrole nitrogens is 1. The zero-order valence-corrected chi connectivity index (χ0v) is 19.6. The maximum absolute atomic E-state index is 15.0. The van der Waals surface area contributed by atoms with Gasteiger partial charge in [-0.25, -0.2) is 9.37 Å². The minimum Gasteiger partial charge on any atom is -0.394 e. The molecule has 0 bridgehead atoms. The number of aliphatic hydroxyl groups is 1. The smallest absolute Gasteiger partial charge is 0.254 e. The van der Waals surface area contributed by atoms with Gasteiger partial charge in [-0.2, -0.15) is 5.10 Å². The second-order valence-electron chi connectivity index (χ2n) is 7.99. The molecule has 1 amide bonds. The van der Waals surface area contributed by atoms with E-state index in [4.69, 9.17) is 0 Å². The van der Waals surface area contributed by atoms with Gasteiger partial charge in [-0.15, -0.1) is 12.4 Å². The quantitative estimate of drug-likeness (QED) is 0.320. The summed E-state index contributed by atoms with van der Waals surface area (Å²) in [6.45, 7) is 1.62. The number of pyridine rings is 1. The molecule has 5 aromatic rings. The fourth-order valence-electron chi connectivity index (χ4n) is 4.02. The van der Waals surface area contributed by atoms with Crippen LogP contribution >= 0.6 is 12.4 Å². The molecule has 0 spiro atoms. The van der Waals surface area contributed by atoms with E-state index in [9.17, 15) is 9.90 Å². The number of rotatable bonds is 6. The van der Waals surface area contributed by atoms with E-state index in [1.165, 1.54) is 12.1 Å². The van der Waals surface area contributed by atoms with Gasteiger partial charge in [0.15, 0.2) is 0 Å². The van der Waals surface area contributed by atoms with Crippen molar-refractivity contribution in [1.29, 1.82) is 0 Å². The topological polar surface area (TPSA) is 95.3 Å². The first-order valence-electron chi connectivity index (χ1n) is 10.8. The molecule has 0 aliphatic heterocycles. The Morgan fingerprint density at radius 2 is 1.91 bits per heavy atom. The highest BCUT2D eigenvalue weighted by atomic mass is 35.5. The Morgan fingerprint density at radius 3 is 2.60 bits per heavy atom. The van der Waals surface area contributed by atoms with Crippen LogP contribution < -0.4 is 5.32 Å².